The molecule has 3 aromatic heterocycles. The normalized spacial score (nSPS) is 11.9. The van der Waals surface area contributed by atoms with Crippen LogP contribution < -0.4 is 10.5 Å². The topological polar surface area (TPSA) is 125 Å². The van der Waals surface area contributed by atoms with Crippen molar-refractivity contribution >= 4 is 32.3 Å². The zero-order valence-corrected chi connectivity index (χ0v) is 13.8. The number of hydrogen-bond donors (Lipinski definition) is 1. The molecule has 2 N–H and O–H groups in total. The van der Waals surface area contributed by atoms with Gasteiger partial charge in [-0.1, -0.05) is 0 Å². The van der Waals surface area contributed by atoms with Gasteiger partial charge in [0.15, 0.2) is 11.3 Å². The lowest BCUT2D eigenvalue weighted by Gasteiger charge is -2.12. The van der Waals surface area contributed by atoms with E-state index >= 15 is 0 Å². The Morgan fingerprint density at radius 3 is 2.52 bits per heavy atom. The molecule has 0 aliphatic heterocycles. The molecule has 0 saturated carbocycles. The van der Waals surface area contributed by atoms with E-state index in [0.29, 0.717) is 11.4 Å². The predicted molar refractivity (Wildman–Crippen MR) is 88.9 cm³/mol. The summed E-state index contributed by atoms with van der Waals surface area (Å²) in [6.45, 7) is 0. The average Bonchev–Trinajstić information content (AvgIpc) is 3.12. The second-order valence-corrected chi connectivity index (χ2v) is 7.06. The molecule has 0 atom stereocenters. The van der Waals surface area contributed by atoms with Gasteiger partial charge < -0.3 is 10.5 Å². The molecule has 3 heterocycles. The summed E-state index contributed by atoms with van der Waals surface area (Å²) >= 11 is 0. The number of rotatable bonds is 3. The summed E-state index contributed by atoms with van der Waals surface area (Å²) in [7, 11) is -2.45. The van der Waals surface area contributed by atoms with Crippen molar-refractivity contribution in [1.82, 2.24) is 24.6 Å². The van der Waals surface area contributed by atoms with Crippen LogP contribution in [0, 0.1) is 0 Å². The molecule has 10 heteroatoms. The first-order valence-corrected chi connectivity index (χ1v) is 8.63. The van der Waals surface area contributed by atoms with Crippen LogP contribution in [0.3, 0.4) is 0 Å². The van der Waals surface area contributed by atoms with Crippen LogP contribution in [0.5, 0.6) is 5.75 Å². The second kappa shape index (κ2) is 5.38. The number of anilines is 1. The number of aromatic nitrogens is 5. The van der Waals surface area contributed by atoms with Crippen molar-refractivity contribution < 1.29 is 13.2 Å². The van der Waals surface area contributed by atoms with E-state index < -0.39 is 9.84 Å². The van der Waals surface area contributed by atoms with Crippen molar-refractivity contribution in [3.05, 3.63) is 43.0 Å². The summed E-state index contributed by atoms with van der Waals surface area (Å²) in [5.41, 5.74) is 6.76. The number of pyridine rings is 1. The maximum absolute atomic E-state index is 13.2. The number of benzene rings is 1. The van der Waals surface area contributed by atoms with Crippen LogP contribution in [0.4, 0.5) is 5.69 Å². The molecule has 25 heavy (non-hydrogen) atoms. The van der Waals surface area contributed by atoms with Crippen molar-refractivity contribution in [3.63, 3.8) is 0 Å². The van der Waals surface area contributed by atoms with E-state index in [1.807, 2.05) is 0 Å². The minimum absolute atomic E-state index is 0.0266. The Morgan fingerprint density at radius 1 is 1.08 bits per heavy atom. The Kier molecular flexibility index (Phi) is 3.29. The lowest BCUT2D eigenvalue weighted by Crippen LogP contribution is -2.10. The zero-order chi connectivity index (χ0) is 17.6. The first kappa shape index (κ1) is 15.3. The molecular weight excluding hydrogens is 344 g/mol. The van der Waals surface area contributed by atoms with Crippen molar-refractivity contribution in [1.29, 1.82) is 0 Å². The van der Waals surface area contributed by atoms with Crippen molar-refractivity contribution in [3.8, 4) is 5.75 Å². The molecule has 4 rings (SSSR count). The zero-order valence-electron chi connectivity index (χ0n) is 13.0. The monoisotopic (exact) mass is 356 g/mol. The third-order valence-electron chi connectivity index (χ3n) is 3.79. The Labute approximate surface area is 142 Å². The largest absolute Gasteiger partial charge is 0.497 e. The summed E-state index contributed by atoms with van der Waals surface area (Å²) in [5, 5.41) is 7.68. The number of nitrogens with zero attached hydrogens (tertiary/aromatic N) is 5. The van der Waals surface area contributed by atoms with Crippen molar-refractivity contribution in [2.75, 3.05) is 12.8 Å². The summed E-state index contributed by atoms with van der Waals surface area (Å²) in [6, 6.07) is 6.02. The molecule has 126 valence electrons. The molecule has 0 bridgehead atoms. The van der Waals surface area contributed by atoms with Crippen LogP contribution in [0.25, 0.3) is 16.8 Å². The molecule has 9 nitrogen and oxygen atoms in total. The summed E-state index contributed by atoms with van der Waals surface area (Å²) < 4.78 is 32.9. The second-order valence-electron chi connectivity index (χ2n) is 5.17. The smallest absolute Gasteiger partial charge is 0.211 e. The summed E-state index contributed by atoms with van der Waals surface area (Å²) in [4.78, 5) is 8.30. The van der Waals surface area contributed by atoms with Gasteiger partial charge in [-0.2, -0.15) is 0 Å². The first-order valence-electron chi connectivity index (χ1n) is 7.15. The Morgan fingerprint density at radius 2 is 1.80 bits per heavy atom. The number of nitrogens with two attached hydrogens (primary N) is 1. The third-order valence-corrected chi connectivity index (χ3v) is 5.64. The van der Waals surface area contributed by atoms with Crippen LogP contribution in [0.2, 0.25) is 0 Å². The van der Waals surface area contributed by atoms with E-state index in [4.69, 9.17) is 10.5 Å². The lowest BCUT2D eigenvalue weighted by molar-refractivity contribution is 0.414. The highest BCUT2D eigenvalue weighted by Crippen LogP contribution is 2.34. The minimum Gasteiger partial charge on any atom is -0.497 e. The quantitative estimate of drug-likeness (QED) is 0.578. The first-order chi connectivity index (χ1) is 12.0. The molecule has 0 fully saturated rings. The van der Waals surface area contributed by atoms with Gasteiger partial charge in [0.2, 0.25) is 9.84 Å². The number of ether oxygens (including phenoxy) is 1. The van der Waals surface area contributed by atoms with Gasteiger partial charge >= 0.3 is 0 Å². The van der Waals surface area contributed by atoms with Crippen molar-refractivity contribution in [2.24, 2.45) is 0 Å². The van der Waals surface area contributed by atoms with E-state index in [-0.39, 0.29) is 26.6 Å². The molecule has 0 unspecified atom stereocenters. The highest BCUT2D eigenvalue weighted by molar-refractivity contribution is 7.92. The maximum Gasteiger partial charge on any atom is 0.211 e. The molecule has 0 aliphatic rings. The maximum atomic E-state index is 13.2. The average molecular weight is 356 g/mol. The summed E-state index contributed by atoms with van der Waals surface area (Å²) in [5.74, 6) is 0.546. The molecule has 1 aromatic carbocycles. The van der Waals surface area contributed by atoms with Crippen LogP contribution in [-0.4, -0.2) is 40.1 Å². The third kappa shape index (κ3) is 2.18. The van der Waals surface area contributed by atoms with E-state index in [0.717, 1.165) is 0 Å². The molecule has 0 aliphatic carbocycles. The molecule has 0 amide bonds. The fourth-order valence-electron chi connectivity index (χ4n) is 2.61. The van der Waals surface area contributed by atoms with Gasteiger partial charge in [-0.25, -0.2) is 18.4 Å². The number of fused-ring (bicyclic) bond motifs is 3. The van der Waals surface area contributed by atoms with Crippen LogP contribution in [0.15, 0.2) is 52.8 Å². The fourth-order valence-corrected chi connectivity index (χ4v) is 4.12. The SMILES string of the molecule is COc1ccc(S(=O)(=O)c2c(N)c3nncn3c3nccnc23)cc1. The lowest BCUT2D eigenvalue weighted by atomic mass is 10.3. The van der Waals surface area contributed by atoms with Gasteiger partial charge in [0.05, 0.1) is 17.7 Å². The molecule has 4 aromatic rings. The summed E-state index contributed by atoms with van der Waals surface area (Å²) in [6.07, 6.45) is 4.28. The number of nitrogen functional groups attached to an aromatic ring is 1. The molecular formula is C15H12N6O3S. The van der Waals surface area contributed by atoms with Gasteiger partial charge in [-0.15, -0.1) is 10.2 Å². The Balaban J connectivity index is 2.08. The predicted octanol–water partition coefficient (Wildman–Crippen LogP) is 1.10. The van der Waals surface area contributed by atoms with Gasteiger partial charge in [-0.05, 0) is 24.3 Å². The molecule has 0 radical (unpaired) electrons. The van der Waals surface area contributed by atoms with Crippen LogP contribution in [-0.2, 0) is 9.84 Å². The van der Waals surface area contributed by atoms with Gasteiger partial charge in [0, 0.05) is 12.4 Å². The number of sulfone groups is 1. The fraction of sp³-hybridized carbons (Fsp3) is 0.0667. The Bertz CT molecular complexity index is 1200. The van der Waals surface area contributed by atoms with Gasteiger partial charge in [0.1, 0.15) is 22.5 Å². The van der Waals surface area contributed by atoms with Crippen molar-refractivity contribution in [2.45, 2.75) is 9.79 Å². The van der Waals surface area contributed by atoms with E-state index in [9.17, 15) is 8.42 Å². The van der Waals surface area contributed by atoms with Gasteiger partial charge in [0.25, 0.3) is 0 Å². The van der Waals surface area contributed by atoms with Crippen LogP contribution >= 0.6 is 0 Å². The van der Waals surface area contributed by atoms with E-state index in [2.05, 4.69) is 20.2 Å². The van der Waals surface area contributed by atoms with Crippen LogP contribution in [0.1, 0.15) is 0 Å². The molecule has 0 saturated heterocycles. The minimum atomic E-state index is -3.95. The number of hydrogen-bond acceptors (Lipinski definition) is 8. The standard InChI is InChI=1S/C15H12N6O3S/c1-24-9-2-4-10(5-3-9)25(22,23)13-11(16)14-20-19-8-21(14)15-12(13)17-6-7-18-15/h2-8H,16H2,1H3. The van der Waals surface area contributed by atoms with E-state index in [1.54, 1.807) is 12.1 Å². The van der Waals surface area contributed by atoms with Gasteiger partial charge in [-0.3, -0.25) is 4.40 Å². The Hall–Kier alpha value is -3.27. The highest BCUT2D eigenvalue weighted by atomic mass is 32.2. The van der Waals surface area contributed by atoms with E-state index in [1.165, 1.54) is 42.4 Å². The molecule has 0 spiro atoms. The highest BCUT2D eigenvalue weighted by Gasteiger charge is 2.28. The number of methoxy groups -OCH3 is 1.